The molecule has 4 aromatic heterocycles. The van der Waals surface area contributed by atoms with Crippen LogP contribution in [0, 0.1) is 12.8 Å². The molecule has 6 fully saturated rings. The van der Waals surface area contributed by atoms with Crippen LogP contribution in [0.15, 0.2) is 89.0 Å². The number of carbonyl (C=O) groups is 3. The van der Waals surface area contributed by atoms with E-state index in [1.807, 2.05) is 91.7 Å². The maximum Gasteiger partial charge on any atom is 0.320 e. The normalized spacial score (nSPS) is 23.7. The number of ether oxygens (including phenoxy) is 2. The number of anilines is 4. The minimum absolute atomic E-state index is 0.0207. The first-order chi connectivity index (χ1) is 39.7. The number of aromatic hydroxyl groups is 1. The molecule has 1 aliphatic carbocycles. The third-order valence-electron chi connectivity index (χ3n) is 17.5. The van der Waals surface area contributed by atoms with Crippen LogP contribution < -0.4 is 30.5 Å². The van der Waals surface area contributed by atoms with Gasteiger partial charge in [0.05, 0.1) is 51.8 Å². The predicted octanol–water partition coefficient (Wildman–Crippen LogP) is 7.02. The number of aromatic nitrogens is 5. The molecule has 6 aromatic rings. The minimum Gasteiger partial charge on any atom is -0.507 e. The van der Waals surface area contributed by atoms with E-state index < -0.39 is 18.1 Å². The van der Waals surface area contributed by atoms with Gasteiger partial charge in [0.25, 0.3) is 0 Å². The number of phenolic OH excluding ortho intramolecular Hbond substituents is 1. The quantitative estimate of drug-likeness (QED) is 0.0807. The van der Waals surface area contributed by atoms with Gasteiger partial charge < -0.3 is 64.7 Å². The van der Waals surface area contributed by atoms with Gasteiger partial charge >= 0.3 is 6.03 Å². The Balaban J connectivity index is 0.573. The summed E-state index contributed by atoms with van der Waals surface area (Å²) < 4.78 is 18.9. The van der Waals surface area contributed by atoms with Crippen molar-refractivity contribution in [3.63, 3.8) is 0 Å². The molecule has 82 heavy (non-hydrogen) atoms. The van der Waals surface area contributed by atoms with E-state index in [4.69, 9.17) is 19.7 Å². The molecule has 1 unspecified atom stereocenters. The number of hydrogen-bond donors (Lipinski definition) is 4. The molecular formula is C60H73N13O8S. The highest BCUT2D eigenvalue weighted by molar-refractivity contribution is 7.13. The fraction of sp³-hybridized carbons (Fsp3) is 0.500. The van der Waals surface area contributed by atoms with Crippen molar-refractivity contribution in [2.75, 3.05) is 79.3 Å². The molecule has 0 radical (unpaired) electrons. The zero-order valence-corrected chi connectivity index (χ0v) is 47.7. The number of piperidine rings is 1. The third kappa shape index (κ3) is 11.4. The Hall–Kier alpha value is -7.56. The summed E-state index contributed by atoms with van der Waals surface area (Å²) in [6.07, 6.45) is 6.58. The smallest absolute Gasteiger partial charge is 0.320 e. The second kappa shape index (κ2) is 23.4. The number of nitrogens with zero attached hydrogens (tertiary/aromatic N) is 11. The number of urea groups is 1. The molecule has 1 saturated carbocycles. The number of nitrogens with two attached hydrogens (primary N) is 1. The van der Waals surface area contributed by atoms with E-state index in [-0.39, 0.29) is 78.9 Å². The molecule has 2 aromatic carbocycles. The number of para-hydroxylation sites is 1. The van der Waals surface area contributed by atoms with Gasteiger partial charge in [-0.3, -0.25) is 9.59 Å². The van der Waals surface area contributed by atoms with Crippen molar-refractivity contribution in [3.8, 4) is 33.3 Å². The van der Waals surface area contributed by atoms with Crippen molar-refractivity contribution in [3.05, 3.63) is 102 Å². The SMILES string of the molecule is Cc1ncsc1-c1ccc([C@H](C)NC(=O)[C@@H]2C[C@@H](O)CN2C(=O)[C@@H](c2cc(N3CCN(C(=O)N4CCC(OC5CC(Oc6cc(N7C8CC[C@@H]7CN(c7cc(-c9ccccc9O)nnc7N)C8)ccn6)C5)CC4)CC3)no2)C(C)C)cc1. The fourth-order valence-corrected chi connectivity index (χ4v) is 13.8. The lowest BCUT2D eigenvalue weighted by atomic mass is 9.91. The molecule has 2 bridgehead atoms. The number of carbonyl (C=O) groups excluding carboxylic acids is 3. The van der Waals surface area contributed by atoms with Crippen molar-refractivity contribution < 1.29 is 38.6 Å². The van der Waals surface area contributed by atoms with Gasteiger partial charge in [-0.05, 0) is 80.8 Å². The van der Waals surface area contributed by atoms with E-state index in [0.717, 1.165) is 84.7 Å². The Labute approximate surface area is 481 Å². The number of fused-ring (bicyclic) bond motifs is 2. The first-order valence-corrected chi connectivity index (χ1v) is 29.9. The molecule has 21 nitrogen and oxygen atoms in total. The zero-order chi connectivity index (χ0) is 56.8. The summed E-state index contributed by atoms with van der Waals surface area (Å²) >= 11 is 1.59. The van der Waals surface area contributed by atoms with Crippen molar-refractivity contribution in [1.29, 1.82) is 0 Å². The molecule has 4 amide bonds. The van der Waals surface area contributed by atoms with Crippen molar-refractivity contribution in [2.45, 2.75) is 127 Å². The van der Waals surface area contributed by atoms with E-state index in [1.54, 1.807) is 29.5 Å². The highest BCUT2D eigenvalue weighted by Gasteiger charge is 2.45. The second-order valence-electron chi connectivity index (χ2n) is 23.3. The van der Waals surface area contributed by atoms with Crippen molar-refractivity contribution in [2.24, 2.45) is 5.92 Å². The summed E-state index contributed by atoms with van der Waals surface area (Å²) in [6, 6.07) is 22.4. The number of amides is 4. The zero-order valence-electron chi connectivity index (χ0n) is 46.9. The Morgan fingerprint density at radius 1 is 0.805 bits per heavy atom. The summed E-state index contributed by atoms with van der Waals surface area (Å²) in [6.45, 7) is 12.8. The molecule has 6 atom stereocenters. The minimum atomic E-state index is -0.841. The molecular weight excluding hydrogens is 1060 g/mol. The van der Waals surface area contributed by atoms with Crippen LogP contribution in [0.5, 0.6) is 11.6 Å². The Kier molecular flexibility index (Phi) is 15.7. The second-order valence-corrected chi connectivity index (χ2v) is 24.2. The maximum absolute atomic E-state index is 14.4. The standard InChI is InChI=1S/C60H73N13O8S/c1-35(2)55(59(77)72-33-43(74)26-50(72)58(76)64-36(3)38-9-11-39(12-10-38)56-37(4)63-34-82-56)52-30-53(67-81-52)68-21-23-70(24-22-68)60(78)69-19-16-44(17-20-69)79-45-27-46(28-45)80-54-25-40(15-18-62-54)73-41-13-14-42(73)32-71(31-41)49-29-48(65-66-57(49)61)47-7-5-6-8-51(47)75/h5-12,15,18,25,29-30,34-36,41-46,50,55,74-75H,13-14,16-17,19-24,26-28,31-33H2,1-4H3,(H2,61,66)(H,64,76)/t36-,41+,42?,43+,45?,46?,50-,55+/m0/s1. The van der Waals surface area contributed by atoms with Crippen molar-refractivity contribution >= 4 is 52.2 Å². The van der Waals surface area contributed by atoms with Crippen LogP contribution in [-0.4, -0.2) is 170 Å². The van der Waals surface area contributed by atoms with Crippen LogP contribution in [0.25, 0.3) is 21.7 Å². The molecule has 0 spiro atoms. The Morgan fingerprint density at radius 3 is 2.24 bits per heavy atom. The van der Waals surface area contributed by atoms with Gasteiger partial charge in [-0.2, -0.15) is 0 Å². The van der Waals surface area contributed by atoms with Gasteiger partial charge in [-0.1, -0.05) is 55.4 Å². The number of thiazole rings is 1. The number of aliphatic hydroxyl groups is 1. The molecule has 5 N–H and O–H groups in total. The van der Waals surface area contributed by atoms with E-state index in [0.29, 0.717) is 73.8 Å². The number of likely N-dealkylation sites (tertiary alicyclic amines) is 2. The van der Waals surface area contributed by atoms with Gasteiger partial charge in [-0.25, -0.2) is 14.8 Å². The number of β-amino-alcohol motifs (C(OH)–C–C–N with tert-alkyl or cyclic N) is 1. The highest BCUT2D eigenvalue weighted by Crippen LogP contribution is 2.41. The first-order valence-electron chi connectivity index (χ1n) is 29.0. The monoisotopic (exact) mass is 1140 g/mol. The van der Waals surface area contributed by atoms with E-state index in [9.17, 15) is 24.6 Å². The molecule has 5 saturated heterocycles. The fourth-order valence-electron chi connectivity index (χ4n) is 13.0. The highest BCUT2D eigenvalue weighted by atomic mass is 32.1. The number of piperazine rings is 2. The van der Waals surface area contributed by atoms with E-state index in [1.165, 1.54) is 4.90 Å². The van der Waals surface area contributed by atoms with Gasteiger partial charge in [0.2, 0.25) is 17.7 Å². The van der Waals surface area contributed by atoms with Crippen LogP contribution >= 0.6 is 11.3 Å². The van der Waals surface area contributed by atoms with Gasteiger partial charge in [0.15, 0.2) is 17.4 Å². The van der Waals surface area contributed by atoms with Crippen LogP contribution in [0.1, 0.15) is 94.7 Å². The van der Waals surface area contributed by atoms with Crippen molar-refractivity contribution in [1.82, 2.24) is 45.3 Å². The maximum atomic E-state index is 14.4. The Bertz CT molecular complexity index is 3230. The average molecular weight is 1140 g/mol. The molecule has 9 heterocycles. The van der Waals surface area contributed by atoms with E-state index in [2.05, 4.69) is 57.5 Å². The predicted molar refractivity (Wildman–Crippen MR) is 311 cm³/mol. The van der Waals surface area contributed by atoms with E-state index >= 15 is 0 Å². The number of phenols is 1. The molecule has 5 aliphatic heterocycles. The molecule has 432 valence electrons. The molecule has 22 heteroatoms. The van der Waals surface area contributed by atoms with Gasteiger partial charge in [0.1, 0.15) is 23.8 Å². The number of nitrogens with one attached hydrogen (secondary N) is 1. The number of rotatable bonds is 15. The summed E-state index contributed by atoms with van der Waals surface area (Å²) in [5.74, 6) is 0.628. The van der Waals surface area contributed by atoms with Crippen LogP contribution in [0.2, 0.25) is 0 Å². The van der Waals surface area contributed by atoms with Crippen LogP contribution in [0.4, 0.5) is 27.8 Å². The number of benzene rings is 2. The summed E-state index contributed by atoms with van der Waals surface area (Å²) in [4.78, 5) is 64.3. The first kappa shape index (κ1) is 55.0. The largest absolute Gasteiger partial charge is 0.507 e. The number of nitrogen functional groups attached to an aromatic ring is 1. The number of aliphatic hydroxyl groups excluding tert-OH is 1. The van der Waals surface area contributed by atoms with Crippen LogP contribution in [0.3, 0.4) is 0 Å². The summed E-state index contributed by atoms with van der Waals surface area (Å²) in [5, 5.41) is 37.3. The van der Waals surface area contributed by atoms with Gasteiger partial charge in [-0.15, -0.1) is 21.5 Å². The summed E-state index contributed by atoms with van der Waals surface area (Å²) in [5.41, 5.74) is 14.3. The number of hydrogen-bond acceptors (Lipinski definition) is 18. The average Bonchev–Trinajstić information content (AvgIpc) is 4.45. The number of pyridine rings is 1. The topological polar surface area (TPSA) is 245 Å². The third-order valence-corrected chi connectivity index (χ3v) is 18.5. The lowest BCUT2D eigenvalue weighted by molar-refractivity contribution is -0.141. The number of aryl methyl sites for hydroxylation is 1. The molecule has 12 rings (SSSR count). The Morgan fingerprint density at radius 2 is 1.54 bits per heavy atom. The van der Waals surface area contributed by atoms with Crippen LogP contribution in [-0.2, 0) is 14.3 Å². The lowest BCUT2D eigenvalue weighted by Gasteiger charge is -2.43. The lowest BCUT2D eigenvalue weighted by Crippen LogP contribution is -2.55. The summed E-state index contributed by atoms with van der Waals surface area (Å²) in [7, 11) is 0. The van der Waals surface area contributed by atoms with Gasteiger partial charge in [0, 0.05) is 120 Å². The molecule has 6 aliphatic rings.